The van der Waals surface area contributed by atoms with Crippen LogP contribution in [0.3, 0.4) is 0 Å². The Morgan fingerprint density at radius 1 is 1.50 bits per heavy atom. The summed E-state index contributed by atoms with van der Waals surface area (Å²) in [7, 11) is 0. The molecule has 6 heteroatoms. The molecule has 1 saturated heterocycles. The molecule has 0 amide bonds. The molecule has 3 heterocycles. The van der Waals surface area contributed by atoms with E-state index in [1.807, 2.05) is 6.92 Å². The maximum absolute atomic E-state index is 5.38. The van der Waals surface area contributed by atoms with Crippen LogP contribution in [0.5, 0.6) is 0 Å². The fourth-order valence-electron chi connectivity index (χ4n) is 2.26. The number of aryl methyl sites for hydroxylation is 1. The fourth-order valence-corrected chi connectivity index (χ4v) is 3.01. The van der Waals surface area contributed by atoms with Crippen LogP contribution >= 0.6 is 11.5 Å². The Labute approximate surface area is 110 Å². The highest BCUT2D eigenvalue weighted by Gasteiger charge is 2.15. The van der Waals surface area contributed by atoms with E-state index in [-0.39, 0.29) is 0 Å². The zero-order valence-electron chi connectivity index (χ0n) is 10.3. The summed E-state index contributed by atoms with van der Waals surface area (Å²) in [6.45, 7) is 4.74. The molecule has 1 fully saturated rings. The second-order valence-corrected chi connectivity index (χ2v) is 5.37. The van der Waals surface area contributed by atoms with Crippen LogP contribution in [0.1, 0.15) is 18.5 Å². The molecule has 0 aromatic carbocycles. The molecule has 96 valence electrons. The van der Waals surface area contributed by atoms with Gasteiger partial charge in [-0.15, -0.1) is 0 Å². The van der Waals surface area contributed by atoms with Gasteiger partial charge in [0, 0.05) is 19.8 Å². The molecule has 1 unspecified atom stereocenters. The normalized spacial score (nSPS) is 19.5. The van der Waals surface area contributed by atoms with Crippen LogP contribution in [-0.4, -0.2) is 34.1 Å². The van der Waals surface area contributed by atoms with E-state index in [1.165, 1.54) is 18.0 Å². The van der Waals surface area contributed by atoms with Crippen LogP contribution in [0.15, 0.2) is 6.33 Å². The van der Waals surface area contributed by atoms with Gasteiger partial charge in [0.05, 0.1) is 11.1 Å². The van der Waals surface area contributed by atoms with Gasteiger partial charge in [0.15, 0.2) is 0 Å². The number of ether oxygens (including phenoxy) is 1. The molecule has 0 radical (unpaired) electrons. The first-order valence-corrected chi connectivity index (χ1v) is 7.00. The van der Waals surface area contributed by atoms with Crippen LogP contribution in [0.25, 0.3) is 10.2 Å². The lowest BCUT2D eigenvalue weighted by molar-refractivity contribution is 0.185. The summed E-state index contributed by atoms with van der Waals surface area (Å²) in [4.78, 5) is 9.50. The zero-order chi connectivity index (χ0) is 12.4. The molecule has 0 saturated carbocycles. The first kappa shape index (κ1) is 11.8. The third-order valence-electron chi connectivity index (χ3n) is 3.31. The van der Waals surface area contributed by atoms with E-state index in [4.69, 9.17) is 4.74 Å². The van der Waals surface area contributed by atoms with Crippen LogP contribution in [0.4, 0.5) is 5.82 Å². The van der Waals surface area contributed by atoms with E-state index in [9.17, 15) is 0 Å². The van der Waals surface area contributed by atoms with E-state index in [2.05, 4.69) is 19.7 Å². The molecule has 1 atom stereocenters. The highest BCUT2D eigenvalue weighted by Crippen LogP contribution is 2.26. The van der Waals surface area contributed by atoms with Gasteiger partial charge in [0.1, 0.15) is 17.0 Å². The van der Waals surface area contributed by atoms with Crippen molar-refractivity contribution in [3.8, 4) is 0 Å². The molecule has 3 rings (SSSR count). The van der Waals surface area contributed by atoms with Gasteiger partial charge in [0.2, 0.25) is 0 Å². The smallest absolute Gasteiger partial charge is 0.149 e. The van der Waals surface area contributed by atoms with Gasteiger partial charge < -0.3 is 10.1 Å². The maximum Gasteiger partial charge on any atom is 0.149 e. The van der Waals surface area contributed by atoms with Crippen molar-refractivity contribution < 1.29 is 4.74 Å². The summed E-state index contributed by atoms with van der Waals surface area (Å²) in [5.41, 5.74) is 1.00. The molecule has 1 aliphatic heterocycles. The van der Waals surface area contributed by atoms with Gasteiger partial charge in [-0.3, -0.25) is 0 Å². The second kappa shape index (κ2) is 5.16. The highest BCUT2D eigenvalue weighted by atomic mass is 32.1. The predicted molar refractivity (Wildman–Crippen MR) is 72.0 cm³/mol. The summed E-state index contributed by atoms with van der Waals surface area (Å²) < 4.78 is 9.70. The first-order valence-electron chi connectivity index (χ1n) is 6.23. The third kappa shape index (κ3) is 2.30. The van der Waals surface area contributed by atoms with Crippen molar-refractivity contribution in [1.82, 2.24) is 14.3 Å². The van der Waals surface area contributed by atoms with Crippen LogP contribution in [0.2, 0.25) is 0 Å². The number of aromatic nitrogens is 3. The van der Waals surface area contributed by atoms with Crippen molar-refractivity contribution in [1.29, 1.82) is 0 Å². The van der Waals surface area contributed by atoms with Crippen molar-refractivity contribution in [2.24, 2.45) is 5.92 Å². The summed E-state index contributed by atoms with van der Waals surface area (Å²) in [6.07, 6.45) is 3.91. The van der Waals surface area contributed by atoms with E-state index in [0.29, 0.717) is 5.92 Å². The third-order valence-corrected chi connectivity index (χ3v) is 4.16. The van der Waals surface area contributed by atoms with E-state index in [1.54, 1.807) is 6.33 Å². The summed E-state index contributed by atoms with van der Waals surface area (Å²) in [5, 5.41) is 4.46. The quantitative estimate of drug-likeness (QED) is 0.917. The van der Waals surface area contributed by atoms with Crippen LogP contribution in [0, 0.1) is 12.8 Å². The minimum absolute atomic E-state index is 0.691. The lowest BCUT2D eigenvalue weighted by atomic mass is 10.1. The van der Waals surface area contributed by atoms with Crippen molar-refractivity contribution in [2.45, 2.75) is 19.8 Å². The Balaban J connectivity index is 1.68. The molecule has 18 heavy (non-hydrogen) atoms. The average Bonchev–Trinajstić information content (AvgIpc) is 3.00. The SMILES string of the molecule is Cc1nsc2ncnc(NCCC3CCOC3)c12. The lowest BCUT2D eigenvalue weighted by Crippen LogP contribution is -2.10. The number of rotatable bonds is 4. The van der Waals surface area contributed by atoms with Crippen LogP contribution in [-0.2, 0) is 4.74 Å². The Bertz CT molecular complexity index is 536. The fraction of sp³-hybridized carbons (Fsp3) is 0.583. The van der Waals surface area contributed by atoms with Crippen LogP contribution < -0.4 is 5.32 Å². The van der Waals surface area contributed by atoms with Gasteiger partial charge in [0.25, 0.3) is 0 Å². The van der Waals surface area contributed by atoms with Crippen molar-refractivity contribution in [3.05, 3.63) is 12.0 Å². The predicted octanol–water partition coefficient (Wildman–Crippen LogP) is 2.23. The van der Waals surface area contributed by atoms with E-state index >= 15 is 0 Å². The largest absolute Gasteiger partial charge is 0.381 e. The number of hydrogen-bond donors (Lipinski definition) is 1. The molecule has 0 aliphatic carbocycles. The monoisotopic (exact) mass is 264 g/mol. The molecule has 2 aromatic rings. The first-order chi connectivity index (χ1) is 8.84. The van der Waals surface area contributed by atoms with Gasteiger partial charge in [-0.25, -0.2) is 9.97 Å². The Morgan fingerprint density at radius 2 is 2.44 bits per heavy atom. The van der Waals surface area contributed by atoms with Crippen molar-refractivity contribution in [2.75, 3.05) is 25.1 Å². The minimum atomic E-state index is 0.691. The molecule has 0 bridgehead atoms. The maximum atomic E-state index is 5.38. The van der Waals surface area contributed by atoms with E-state index < -0.39 is 0 Å². The Hall–Kier alpha value is -1.27. The Morgan fingerprint density at radius 3 is 3.28 bits per heavy atom. The molecule has 1 aliphatic rings. The minimum Gasteiger partial charge on any atom is -0.381 e. The number of nitrogens with zero attached hydrogens (tertiary/aromatic N) is 3. The molecular formula is C12H16N4OS. The number of anilines is 1. The summed E-state index contributed by atoms with van der Waals surface area (Å²) in [5.74, 6) is 1.60. The second-order valence-electron chi connectivity index (χ2n) is 4.62. The molecule has 5 nitrogen and oxygen atoms in total. The highest BCUT2D eigenvalue weighted by molar-refractivity contribution is 7.13. The number of nitrogens with one attached hydrogen (secondary N) is 1. The summed E-state index contributed by atoms with van der Waals surface area (Å²) in [6, 6.07) is 0. The zero-order valence-corrected chi connectivity index (χ0v) is 11.2. The van der Waals surface area contributed by atoms with Crippen molar-refractivity contribution in [3.63, 3.8) is 0 Å². The summed E-state index contributed by atoms with van der Waals surface area (Å²) >= 11 is 1.43. The van der Waals surface area contributed by atoms with Gasteiger partial charge in [-0.1, -0.05) is 0 Å². The molecule has 2 aromatic heterocycles. The molecule has 1 N–H and O–H groups in total. The number of fused-ring (bicyclic) bond motifs is 1. The number of hydrogen-bond acceptors (Lipinski definition) is 6. The Kier molecular flexibility index (Phi) is 3.38. The lowest BCUT2D eigenvalue weighted by Gasteiger charge is -2.09. The van der Waals surface area contributed by atoms with Gasteiger partial charge in [-0.05, 0) is 37.2 Å². The van der Waals surface area contributed by atoms with Gasteiger partial charge in [-0.2, -0.15) is 4.37 Å². The average molecular weight is 264 g/mol. The molecule has 0 spiro atoms. The topological polar surface area (TPSA) is 59.9 Å². The molecular weight excluding hydrogens is 248 g/mol. The van der Waals surface area contributed by atoms with E-state index in [0.717, 1.165) is 47.9 Å². The standard InChI is InChI=1S/C12H16N4OS/c1-8-10-11(14-7-15-12(10)18-16-8)13-4-2-9-3-5-17-6-9/h7,9H,2-6H2,1H3,(H,13,14,15). The van der Waals surface area contributed by atoms with Gasteiger partial charge >= 0.3 is 0 Å². The van der Waals surface area contributed by atoms with Crippen molar-refractivity contribution >= 4 is 27.6 Å².